The van der Waals surface area contributed by atoms with E-state index in [4.69, 9.17) is 17.3 Å². The Morgan fingerprint density at radius 2 is 1.93 bits per heavy atom. The van der Waals surface area contributed by atoms with Gasteiger partial charge in [0.05, 0.1) is 11.9 Å². The molecule has 1 saturated heterocycles. The molecular weight excluding hydrogens is 404 g/mol. The van der Waals surface area contributed by atoms with Crippen LogP contribution in [0.3, 0.4) is 0 Å². The zero-order valence-electron chi connectivity index (χ0n) is 15.0. The van der Waals surface area contributed by atoms with Crippen molar-refractivity contribution in [2.75, 3.05) is 31.1 Å². The summed E-state index contributed by atoms with van der Waals surface area (Å²) in [7, 11) is 0. The van der Waals surface area contributed by atoms with Crippen LogP contribution < -0.4 is 16.1 Å². The first-order valence-electron chi connectivity index (χ1n) is 8.72. The standard InChI is InChI=1S/C19H20ClF2N5S/c20-15-2-1-3-16(21)14(15)12-26-6-8-27(9-7-26)18-5-4-13(10-17(18)22)11-24-25-19(23)28/h1-5,10-11H,6-9,12H2,(H3,23,25,28)/b24-11+. The van der Waals surface area contributed by atoms with Crippen LogP contribution >= 0.6 is 23.8 Å². The highest BCUT2D eigenvalue weighted by molar-refractivity contribution is 7.80. The molecule has 0 atom stereocenters. The van der Waals surface area contributed by atoms with Crippen molar-refractivity contribution >= 4 is 40.8 Å². The first kappa shape index (κ1) is 20.4. The van der Waals surface area contributed by atoms with Gasteiger partial charge in [0, 0.05) is 43.3 Å². The first-order valence-corrected chi connectivity index (χ1v) is 9.51. The number of nitrogens with zero attached hydrogens (tertiary/aromatic N) is 3. The summed E-state index contributed by atoms with van der Waals surface area (Å²) in [4.78, 5) is 4.09. The zero-order valence-corrected chi connectivity index (χ0v) is 16.6. The number of hydrogen-bond donors (Lipinski definition) is 2. The van der Waals surface area contributed by atoms with Gasteiger partial charge in [0.1, 0.15) is 11.6 Å². The number of rotatable bonds is 5. The highest BCUT2D eigenvalue weighted by atomic mass is 35.5. The summed E-state index contributed by atoms with van der Waals surface area (Å²) in [6, 6.07) is 9.60. The van der Waals surface area contributed by atoms with Crippen molar-refractivity contribution in [1.29, 1.82) is 0 Å². The molecule has 1 fully saturated rings. The predicted molar refractivity (Wildman–Crippen MR) is 113 cm³/mol. The molecule has 0 amide bonds. The summed E-state index contributed by atoms with van der Waals surface area (Å²) in [6.07, 6.45) is 1.45. The summed E-state index contributed by atoms with van der Waals surface area (Å²) in [5, 5.41) is 4.29. The number of halogens is 3. The minimum Gasteiger partial charge on any atom is -0.375 e. The van der Waals surface area contributed by atoms with Gasteiger partial charge in [-0.15, -0.1) is 0 Å². The molecule has 0 radical (unpaired) electrons. The van der Waals surface area contributed by atoms with Gasteiger partial charge in [-0.05, 0) is 42.0 Å². The van der Waals surface area contributed by atoms with Crippen LogP contribution in [0.25, 0.3) is 0 Å². The fraction of sp³-hybridized carbons (Fsp3) is 0.263. The van der Waals surface area contributed by atoms with Gasteiger partial charge in [-0.25, -0.2) is 8.78 Å². The van der Waals surface area contributed by atoms with Crippen LogP contribution in [-0.2, 0) is 6.54 Å². The van der Waals surface area contributed by atoms with Crippen LogP contribution in [0.15, 0.2) is 41.5 Å². The van der Waals surface area contributed by atoms with E-state index in [1.807, 2.05) is 4.90 Å². The van der Waals surface area contributed by atoms with Gasteiger partial charge in [0.2, 0.25) is 0 Å². The first-order chi connectivity index (χ1) is 13.4. The Hall–Kier alpha value is -2.29. The number of anilines is 1. The average Bonchev–Trinajstić information content (AvgIpc) is 2.65. The topological polar surface area (TPSA) is 56.9 Å². The monoisotopic (exact) mass is 423 g/mol. The summed E-state index contributed by atoms with van der Waals surface area (Å²) in [5.74, 6) is -0.631. The maximum atomic E-state index is 14.5. The number of nitrogens with one attached hydrogen (secondary N) is 1. The minimum absolute atomic E-state index is 0.0443. The van der Waals surface area contributed by atoms with Gasteiger partial charge in [-0.3, -0.25) is 10.3 Å². The Morgan fingerprint density at radius 3 is 2.57 bits per heavy atom. The van der Waals surface area contributed by atoms with Crippen LogP contribution in [0.1, 0.15) is 11.1 Å². The zero-order chi connectivity index (χ0) is 20.1. The smallest absolute Gasteiger partial charge is 0.184 e. The van der Waals surface area contributed by atoms with E-state index < -0.39 is 0 Å². The van der Waals surface area contributed by atoms with Crippen molar-refractivity contribution in [2.24, 2.45) is 10.8 Å². The second-order valence-electron chi connectivity index (χ2n) is 6.41. The lowest BCUT2D eigenvalue weighted by molar-refractivity contribution is 0.246. The number of benzene rings is 2. The van der Waals surface area contributed by atoms with Crippen LogP contribution in [0.5, 0.6) is 0 Å². The highest BCUT2D eigenvalue weighted by Crippen LogP contribution is 2.24. The van der Waals surface area contributed by atoms with Crippen molar-refractivity contribution in [3.63, 3.8) is 0 Å². The fourth-order valence-electron chi connectivity index (χ4n) is 3.08. The molecule has 2 aromatic carbocycles. The number of hydrazone groups is 1. The lowest BCUT2D eigenvalue weighted by atomic mass is 10.1. The Balaban J connectivity index is 1.60. The largest absolute Gasteiger partial charge is 0.375 e. The van der Waals surface area contributed by atoms with E-state index in [2.05, 4.69) is 27.6 Å². The molecule has 1 aliphatic heterocycles. The molecule has 1 aliphatic rings. The Labute approximate surface area is 172 Å². The van der Waals surface area contributed by atoms with Crippen LogP contribution in [0.4, 0.5) is 14.5 Å². The third kappa shape index (κ3) is 5.15. The van der Waals surface area contributed by atoms with E-state index in [0.717, 1.165) is 0 Å². The number of thiocarbonyl (C=S) groups is 1. The molecule has 3 N–H and O–H groups in total. The molecule has 148 valence electrons. The molecular formula is C19H20ClF2N5S. The van der Waals surface area contributed by atoms with Crippen LogP contribution in [0.2, 0.25) is 5.02 Å². The van der Waals surface area contributed by atoms with E-state index in [-0.39, 0.29) is 16.7 Å². The van der Waals surface area contributed by atoms with Crippen LogP contribution in [0, 0.1) is 11.6 Å². The summed E-state index contributed by atoms with van der Waals surface area (Å²) in [5.41, 5.74) is 9.33. The van der Waals surface area contributed by atoms with E-state index in [9.17, 15) is 8.78 Å². The Bertz CT molecular complexity index is 864. The Kier molecular flexibility index (Phi) is 6.77. The molecule has 5 nitrogen and oxygen atoms in total. The minimum atomic E-state index is -0.329. The maximum Gasteiger partial charge on any atom is 0.184 e. The summed E-state index contributed by atoms with van der Waals surface area (Å²) < 4.78 is 28.5. The number of hydrogen-bond acceptors (Lipinski definition) is 4. The average molecular weight is 424 g/mol. The summed E-state index contributed by atoms with van der Waals surface area (Å²) >= 11 is 10.8. The SMILES string of the molecule is NC(=S)N/N=C/c1ccc(N2CCN(Cc3c(F)cccc3Cl)CC2)c(F)c1. The van der Waals surface area contributed by atoms with Gasteiger partial charge in [0.25, 0.3) is 0 Å². The van der Waals surface area contributed by atoms with Crippen LogP contribution in [-0.4, -0.2) is 42.4 Å². The highest BCUT2D eigenvalue weighted by Gasteiger charge is 2.21. The maximum absolute atomic E-state index is 14.5. The molecule has 2 aromatic rings. The third-order valence-electron chi connectivity index (χ3n) is 4.52. The molecule has 9 heteroatoms. The van der Waals surface area contributed by atoms with Crippen molar-refractivity contribution in [3.8, 4) is 0 Å². The number of piperazine rings is 1. The fourth-order valence-corrected chi connectivity index (χ4v) is 3.36. The number of nitrogens with two attached hydrogens (primary N) is 1. The lowest BCUT2D eigenvalue weighted by Crippen LogP contribution is -2.46. The summed E-state index contributed by atoms with van der Waals surface area (Å²) in [6.45, 7) is 3.09. The van der Waals surface area contributed by atoms with E-state index in [1.54, 1.807) is 24.3 Å². The molecule has 0 spiro atoms. The molecule has 0 bridgehead atoms. The van der Waals surface area contributed by atoms with E-state index in [0.29, 0.717) is 54.6 Å². The van der Waals surface area contributed by atoms with Crippen molar-refractivity contribution < 1.29 is 8.78 Å². The van der Waals surface area contributed by atoms with E-state index in [1.165, 1.54) is 18.3 Å². The molecule has 0 aromatic heterocycles. The second kappa shape index (κ2) is 9.27. The molecule has 28 heavy (non-hydrogen) atoms. The quantitative estimate of drug-likeness (QED) is 0.439. The van der Waals surface area contributed by atoms with E-state index >= 15 is 0 Å². The molecule has 3 rings (SSSR count). The Morgan fingerprint density at radius 1 is 1.18 bits per heavy atom. The molecule has 1 heterocycles. The van der Waals surface area contributed by atoms with Gasteiger partial charge >= 0.3 is 0 Å². The molecule has 0 saturated carbocycles. The van der Waals surface area contributed by atoms with Gasteiger partial charge < -0.3 is 10.6 Å². The van der Waals surface area contributed by atoms with Gasteiger partial charge in [-0.1, -0.05) is 23.7 Å². The molecule has 0 unspecified atom stereocenters. The van der Waals surface area contributed by atoms with Gasteiger partial charge in [0.15, 0.2) is 5.11 Å². The van der Waals surface area contributed by atoms with Crippen molar-refractivity contribution in [2.45, 2.75) is 6.54 Å². The predicted octanol–water partition coefficient (Wildman–Crippen LogP) is 3.11. The third-order valence-corrected chi connectivity index (χ3v) is 4.96. The van der Waals surface area contributed by atoms with Crippen molar-refractivity contribution in [3.05, 3.63) is 64.2 Å². The molecule has 0 aliphatic carbocycles. The normalized spacial score (nSPS) is 15.2. The van der Waals surface area contributed by atoms with Crippen molar-refractivity contribution in [1.82, 2.24) is 10.3 Å². The van der Waals surface area contributed by atoms with Gasteiger partial charge in [-0.2, -0.15) is 5.10 Å². The second-order valence-corrected chi connectivity index (χ2v) is 7.26. The lowest BCUT2D eigenvalue weighted by Gasteiger charge is -2.36.